The van der Waals surface area contributed by atoms with Crippen LogP contribution in [-0.2, 0) is 11.2 Å². The van der Waals surface area contributed by atoms with Gasteiger partial charge in [0.1, 0.15) is 6.04 Å². The molecule has 104 valence electrons. The SMILES string of the molecule is Cc1ccc(NC(Cc2ccccc2)C(N)=O)c(C)c1. The number of nitrogens with two attached hydrogens (primary N) is 1. The van der Waals surface area contributed by atoms with E-state index in [1.54, 1.807) is 0 Å². The molecule has 2 rings (SSSR count). The van der Waals surface area contributed by atoms with Crippen LogP contribution in [0.5, 0.6) is 0 Å². The molecule has 0 heterocycles. The van der Waals surface area contributed by atoms with E-state index in [9.17, 15) is 4.79 Å². The van der Waals surface area contributed by atoms with Crippen LogP contribution in [0.3, 0.4) is 0 Å². The van der Waals surface area contributed by atoms with Gasteiger partial charge < -0.3 is 11.1 Å². The summed E-state index contributed by atoms with van der Waals surface area (Å²) in [4.78, 5) is 11.6. The van der Waals surface area contributed by atoms with Gasteiger partial charge in [0, 0.05) is 12.1 Å². The van der Waals surface area contributed by atoms with E-state index >= 15 is 0 Å². The Kier molecular flexibility index (Phi) is 4.41. The van der Waals surface area contributed by atoms with E-state index < -0.39 is 6.04 Å². The molecule has 0 aliphatic carbocycles. The maximum atomic E-state index is 11.6. The minimum Gasteiger partial charge on any atom is -0.373 e. The molecule has 0 radical (unpaired) electrons. The fourth-order valence-corrected chi connectivity index (χ4v) is 2.24. The number of hydrogen-bond acceptors (Lipinski definition) is 2. The van der Waals surface area contributed by atoms with E-state index in [0.717, 1.165) is 16.8 Å². The Morgan fingerprint density at radius 1 is 1.15 bits per heavy atom. The van der Waals surface area contributed by atoms with Crippen molar-refractivity contribution in [2.24, 2.45) is 5.73 Å². The molecule has 0 saturated carbocycles. The number of primary amides is 1. The molecule has 0 bridgehead atoms. The van der Waals surface area contributed by atoms with Crippen LogP contribution in [0.2, 0.25) is 0 Å². The number of hydrogen-bond donors (Lipinski definition) is 2. The number of rotatable bonds is 5. The molecule has 0 aromatic heterocycles. The predicted molar refractivity (Wildman–Crippen MR) is 82.7 cm³/mol. The third-order valence-electron chi connectivity index (χ3n) is 3.34. The van der Waals surface area contributed by atoms with Crippen molar-refractivity contribution < 1.29 is 4.79 Å². The first-order chi connectivity index (χ1) is 9.56. The van der Waals surface area contributed by atoms with Crippen LogP contribution in [0.15, 0.2) is 48.5 Å². The van der Waals surface area contributed by atoms with Crippen LogP contribution < -0.4 is 11.1 Å². The van der Waals surface area contributed by atoms with Crippen molar-refractivity contribution >= 4 is 11.6 Å². The van der Waals surface area contributed by atoms with Crippen LogP contribution in [-0.4, -0.2) is 11.9 Å². The zero-order chi connectivity index (χ0) is 14.5. The number of benzene rings is 2. The van der Waals surface area contributed by atoms with E-state index in [1.165, 1.54) is 5.56 Å². The molecule has 2 aromatic rings. The van der Waals surface area contributed by atoms with Crippen molar-refractivity contribution in [1.29, 1.82) is 0 Å². The predicted octanol–water partition coefficient (Wildman–Crippen LogP) is 2.81. The van der Waals surface area contributed by atoms with Gasteiger partial charge in [0.05, 0.1) is 0 Å². The number of amides is 1. The molecule has 3 nitrogen and oxygen atoms in total. The number of carbonyl (C=O) groups excluding carboxylic acids is 1. The molecule has 0 fully saturated rings. The van der Waals surface area contributed by atoms with E-state index in [1.807, 2.05) is 56.3 Å². The van der Waals surface area contributed by atoms with Crippen molar-refractivity contribution in [2.75, 3.05) is 5.32 Å². The highest BCUT2D eigenvalue weighted by atomic mass is 16.1. The Hall–Kier alpha value is -2.29. The summed E-state index contributed by atoms with van der Waals surface area (Å²) in [6.45, 7) is 4.07. The molecule has 1 amide bonds. The third-order valence-corrected chi connectivity index (χ3v) is 3.34. The lowest BCUT2D eigenvalue weighted by molar-refractivity contribution is -0.118. The minimum absolute atomic E-state index is 0.339. The molecule has 0 aliphatic rings. The van der Waals surface area contributed by atoms with Gasteiger partial charge in [0.25, 0.3) is 0 Å². The smallest absolute Gasteiger partial charge is 0.240 e. The average Bonchev–Trinajstić information content (AvgIpc) is 2.42. The monoisotopic (exact) mass is 268 g/mol. The molecule has 3 heteroatoms. The van der Waals surface area contributed by atoms with Crippen molar-refractivity contribution in [1.82, 2.24) is 0 Å². The summed E-state index contributed by atoms with van der Waals surface area (Å²) < 4.78 is 0. The average molecular weight is 268 g/mol. The Morgan fingerprint density at radius 2 is 1.85 bits per heavy atom. The Bertz CT molecular complexity index is 593. The molecule has 3 N–H and O–H groups in total. The van der Waals surface area contributed by atoms with E-state index in [0.29, 0.717) is 6.42 Å². The Morgan fingerprint density at radius 3 is 2.45 bits per heavy atom. The second-order valence-electron chi connectivity index (χ2n) is 5.11. The minimum atomic E-state index is -0.404. The first-order valence-corrected chi connectivity index (χ1v) is 6.73. The summed E-state index contributed by atoms with van der Waals surface area (Å²) >= 11 is 0. The van der Waals surface area contributed by atoms with Crippen LogP contribution in [0.4, 0.5) is 5.69 Å². The van der Waals surface area contributed by atoms with Gasteiger partial charge >= 0.3 is 0 Å². The molecule has 2 aromatic carbocycles. The van der Waals surface area contributed by atoms with Gasteiger partial charge in [-0.15, -0.1) is 0 Å². The maximum Gasteiger partial charge on any atom is 0.240 e. The number of nitrogens with one attached hydrogen (secondary N) is 1. The normalized spacial score (nSPS) is 11.9. The lowest BCUT2D eigenvalue weighted by atomic mass is 10.0. The zero-order valence-electron chi connectivity index (χ0n) is 11.9. The highest BCUT2D eigenvalue weighted by molar-refractivity contribution is 5.83. The topological polar surface area (TPSA) is 55.1 Å². The fraction of sp³-hybridized carbons (Fsp3) is 0.235. The summed E-state index contributed by atoms with van der Waals surface area (Å²) in [6, 6.07) is 15.6. The summed E-state index contributed by atoms with van der Waals surface area (Å²) in [5.74, 6) is -0.339. The van der Waals surface area contributed by atoms with Gasteiger partial charge in [-0.05, 0) is 31.0 Å². The summed E-state index contributed by atoms with van der Waals surface area (Å²) in [5.41, 5.74) is 9.87. The van der Waals surface area contributed by atoms with E-state index in [-0.39, 0.29) is 5.91 Å². The summed E-state index contributed by atoms with van der Waals surface area (Å²) in [5, 5.41) is 3.25. The van der Waals surface area contributed by atoms with Crippen molar-refractivity contribution in [3.63, 3.8) is 0 Å². The lowest BCUT2D eigenvalue weighted by Gasteiger charge is -2.18. The molecule has 0 saturated heterocycles. The van der Waals surface area contributed by atoms with Gasteiger partial charge in [-0.1, -0.05) is 48.0 Å². The first-order valence-electron chi connectivity index (χ1n) is 6.73. The highest BCUT2D eigenvalue weighted by Gasteiger charge is 2.16. The number of anilines is 1. The van der Waals surface area contributed by atoms with Gasteiger partial charge in [-0.25, -0.2) is 0 Å². The number of aryl methyl sites for hydroxylation is 2. The molecule has 0 spiro atoms. The molecule has 20 heavy (non-hydrogen) atoms. The van der Waals surface area contributed by atoms with Crippen LogP contribution in [0.1, 0.15) is 16.7 Å². The van der Waals surface area contributed by atoms with E-state index in [4.69, 9.17) is 5.73 Å². The maximum absolute atomic E-state index is 11.6. The largest absolute Gasteiger partial charge is 0.373 e. The molecular formula is C17H20N2O. The fourth-order valence-electron chi connectivity index (χ4n) is 2.24. The standard InChI is InChI=1S/C17H20N2O/c1-12-8-9-15(13(2)10-12)19-16(17(18)20)11-14-6-4-3-5-7-14/h3-10,16,19H,11H2,1-2H3,(H2,18,20). The lowest BCUT2D eigenvalue weighted by Crippen LogP contribution is -2.37. The molecule has 1 unspecified atom stereocenters. The van der Waals surface area contributed by atoms with Gasteiger partial charge in [0.15, 0.2) is 0 Å². The van der Waals surface area contributed by atoms with E-state index in [2.05, 4.69) is 11.4 Å². The quantitative estimate of drug-likeness (QED) is 0.876. The summed E-state index contributed by atoms with van der Waals surface area (Å²) in [7, 11) is 0. The number of carbonyl (C=O) groups is 1. The van der Waals surface area contributed by atoms with Crippen molar-refractivity contribution in [3.05, 3.63) is 65.2 Å². The molecular weight excluding hydrogens is 248 g/mol. The van der Waals surface area contributed by atoms with Crippen molar-refractivity contribution in [3.8, 4) is 0 Å². The zero-order valence-corrected chi connectivity index (χ0v) is 11.9. The Labute approximate surface area is 119 Å². The van der Waals surface area contributed by atoms with Gasteiger partial charge in [-0.2, -0.15) is 0 Å². The first kappa shape index (κ1) is 14.1. The Balaban J connectivity index is 2.15. The van der Waals surface area contributed by atoms with Gasteiger partial charge in [-0.3, -0.25) is 4.79 Å². The van der Waals surface area contributed by atoms with Gasteiger partial charge in [0.2, 0.25) is 5.91 Å². The van der Waals surface area contributed by atoms with Crippen molar-refractivity contribution in [2.45, 2.75) is 26.3 Å². The third kappa shape index (κ3) is 3.60. The second kappa shape index (κ2) is 6.24. The summed E-state index contributed by atoms with van der Waals surface area (Å²) in [6.07, 6.45) is 0.587. The second-order valence-corrected chi connectivity index (χ2v) is 5.11. The van der Waals surface area contributed by atoms with Crippen LogP contribution in [0.25, 0.3) is 0 Å². The van der Waals surface area contributed by atoms with Crippen LogP contribution >= 0.6 is 0 Å². The highest BCUT2D eigenvalue weighted by Crippen LogP contribution is 2.18. The molecule has 1 atom stereocenters. The van der Waals surface area contributed by atoms with Crippen LogP contribution in [0, 0.1) is 13.8 Å². The molecule has 0 aliphatic heterocycles.